The number of hydrogen-bond donors (Lipinski definition) is 1. The van der Waals surface area contributed by atoms with Crippen LogP contribution >= 0.6 is 0 Å². The Morgan fingerprint density at radius 3 is 2.46 bits per heavy atom. The van der Waals surface area contributed by atoms with Crippen LogP contribution in [0.15, 0.2) is 48.5 Å². The second-order valence-corrected chi connectivity index (χ2v) is 5.94. The average Bonchev–Trinajstić information content (AvgIpc) is 3.03. The Bertz CT molecular complexity index is 1090. The number of aryl methyl sites for hydroxylation is 1. The SMILES string of the molecule is Cc1c(-c2nc3ccccc3n2C)c2ccccc2n1CC(=O)O. The van der Waals surface area contributed by atoms with E-state index in [1.165, 1.54) is 0 Å². The van der Waals surface area contributed by atoms with Gasteiger partial charge in [0.05, 0.1) is 11.0 Å². The maximum absolute atomic E-state index is 11.3. The van der Waals surface area contributed by atoms with E-state index in [2.05, 4.69) is 4.57 Å². The molecule has 0 aliphatic carbocycles. The molecule has 24 heavy (non-hydrogen) atoms. The standard InChI is InChI=1S/C19H17N3O2/c1-12-18(19-20-14-8-4-6-10-16(14)21(19)2)13-7-3-5-9-15(13)22(12)11-17(23)24/h3-10H,11H2,1-2H3,(H,23,24). The summed E-state index contributed by atoms with van der Waals surface area (Å²) >= 11 is 0. The van der Waals surface area contributed by atoms with Gasteiger partial charge >= 0.3 is 5.97 Å². The highest BCUT2D eigenvalue weighted by Gasteiger charge is 2.20. The normalized spacial score (nSPS) is 11.4. The van der Waals surface area contributed by atoms with E-state index in [9.17, 15) is 9.90 Å². The number of carbonyl (C=O) groups is 1. The van der Waals surface area contributed by atoms with Crippen LogP contribution in [0.5, 0.6) is 0 Å². The van der Waals surface area contributed by atoms with Crippen molar-refractivity contribution in [1.82, 2.24) is 14.1 Å². The zero-order valence-corrected chi connectivity index (χ0v) is 13.5. The van der Waals surface area contributed by atoms with Crippen LogP contribution in [0.4, 0.5) is 0 Å². The fourth-order valence-electron chi connectivity index (χ4n) is 3.42. The van der Waals surface area contributed by atoms with Crippen LogP contribution in [0, 0.1) is 6.92 Å². The molecule has 1 N–H and O–H groups in total. The third kappa shape index (κ3) is 2.01. The highest BCUT2D eigenvalue weighted by Crippen LogP contribution is 2.35. The molecule has 0 fully saturated rings. The topological polar surface area (TPSA) is 60.0 Å². The van der Waals surface area contributed by atoms with Crippen LogP contribution in [0.2, 0.25) is 0 Å². The number of rotatable bonds is 3. The first-order valence-electron chi connectivity index (χ1n) is 7.79. The Morgan fingerprint density at radius 1 is 1.08 bits per heavy atom. The zero-order chi connectivity index (χ0) is 16.8. The van der Waals surface area contributed by atoms with E-state index in [0.29, 0.717) is 0 Å². The first-order valence-corrected chi connectivity index (χ1v) is 7.79. The van der Waals surface area contributed by atoms with Gasteiger partial charge in [-0.2, -0.15) is 0 Å². The second kappa shape index (κ2) is 5.23. The number of carboxylic acids is 1. The van der Waals surface area contributed by atoms with Crippen molar-refractivity contribution in [2.24, 2.45) is 7.05 Å². The third-order valence-corrected chi connectivity index (χ3v) is 4.53. The molecule has 0 saturated carbocycles. The van der Waals surface area contributed by atoms with Crippen molar-refractivity contribution in [3.63, 3.8) is 0 Å². The van der Waals surface area contributed by atoms with Gasteiger partial charge in [0.15, 0.2) is 0 Å². The number of imidazole rings is 1. The number of aliphatic carboxylic acids is 1. The fraction of sp³-hybridized carbons (Fsp3) is 0.158. The molecule has 0 radical (unpaired) electrons. The van der Waals surface area contributed by atoms with Gasteiger partial charge in [0.2, 0.25) is 0 Å². The smallest absolute Gasteiger partial charge is 0.323 e. The Balaban J connectivity index is 2.07. The zero-order valence-electron chi connectivity index (χ0n) is 13.5. The summed E-state index contributed by atoms with van der Waals surface area (Å²) in [5, 5.41) is 10.3. The molecule has 4 rings (SSSR count). The highest BCUT2D eigenvalue weighted by atomic mass is 16.4. The van der Waals surface area contributed by atoms with Gasteiger partial charge in [-0.3, -0.25) is 4.79 Å². The summed E-state index contributed by atoms with van der Waals surface area (Å²) in [7, 11) is 1.99. The van der Waals surface area contributed by atoms with Gasteiger partial charge in [0, 0.05) is 29.2 Å². The molecule has 0 aliphatic heterocycles. The Hall–Kier alpha value is -3.08. The Kier molecular flexibility index (Phi) is 3.16. The number of para-hydroxylation sites is 3. The maximum Gasteiger partial charge on any atom is 0.323 e. The van der Waals surface area contributed by atoms with Crippen LogP contribution in [0.25, 0.3) is 33.3 Å². The molecule has 0 aliphatic rings. The van der Waals surface area contributed by atoms with E-state index in [1.54, 1.807) is 0 Å². The van der Waals surface area contributed by atoms with E-state index in [1.807, 2.05) is 67.1 Å². The molecule has 0 bridgehead atoms. The lowest BCUT2D eigenvalue weighted by Gasteiger charge is -2.06. The monoisotopic (exact) mass is 319 g/mol. The molecule has 5 heteroatoms. The second-order valence-electron chi connectivity index (χ2n) is 5.94. The predicted molar refractivity (Wildman–Crippen MR) is 94.0 cm³/mol. The van der Waals surface area contributed by atoms with E-state index in [4.69, 9.17) is 4.98 Å². The predicted octanol–water partition coefficient (Wildman–Crippen LogP) is 3.59. The molecule has 5 nitrogen and oxygen atoms in total. The molecule has 0 unspecified atom stereocenters. The molecular weight excluding hydrogens is 302 g/mol. The van der Waals surface area contributed by atoms with Gasteiger partial charge in [0.1, 0.15) is 12.4 Å². The quantitative estimate of drug-likeness (QED) is 0.628. The first-order chi connectivity index (χ1) is 11.6. The molecule has 2 heterocycles. The van der Waals surface area contributed by atoms with E-state index in [0.717, 1.165) is 39.0 Å². The number of fused-ring (bicyclic) bond motifs is 2. The molecule has 0 atom stereocenters. The summed E-state index contributed by atoms with van der Waals surface area (Å²) in [4.78, 5) is 16.1. The van der Waals surface area contributed by atoms with Gasteiger partial charge in [-0.05, 0) is 25.1 Å². The van der Waals surface area contributed by atoms with Crippen LogP contribution < -0.4 is 0 Å². The lowest BCUT2D eigenvalue weighted by atomic mass is 10.1. The van der Waals surface area contributed by atoms with E-state index in [-0.39, 0.29) is 6.54 Å². The summed E-state index contributed by atoms with van der Waals surface area (Å²) in [6.07, 6.45) is 0. The van der Waals surface area contributed by atoms with Crippen molar-refractivity contribution in [1.29, 1.82) is 0 Å². The average molecular weight is 319 g/mol. The number of benzene rings is 2. The summed E-state index contributed by atoms with van der Waals surface area (Å²) in [5.41, 5.74) is 4.81. The van der Waals surface area contributed by atoms with Crippen molar-refractivity contribution < 1.29 is 9.90 Å². The minimum absolute atomic E-state index is 0.0592. The third-order valence-electron chi connectivity index (χ3n) is 4.53. The first kappa shape index (κ1) is 14.5. The summed E-state index contributed by atoms with van der Waals surface area (Å²) in [6.45, 7) is 1.90. The fourth-order valence-corrected chi connectivity index (χ4v) is 3.42. The minimum Gasteiger partial charge on any atom is -0.480 e. The lowest BCUT2D eigenvalue weighted by Crippen LogP contribution is -2.10. The summed E-state index contributed by atoms with van der Waals surface area (Å²) in [6, 6.07) is 15.9. The van der Waals surface area contributed by atoms with Gasteiger partial charge in [-0.15, -0.1) is 0 Å². The molecule has 2 aromatic heterocycles. The van der Waals surface area contributed by atoms with Gasteiger partial charge in [0.25, 0.3) is 0 Å². The van der Waals surface area contributed by atoms with E-state index >= 15 is 0 Å². The molecule has 0 spiro atoms. The molecule has 120 valence electrons. The molecule has 4 aromatic rings. The van der Waals surface area contributed by atoms with Gasteiger partial charge in [-0.1, -0.05) is 30.3 Å². The van der Waals surface area contributed by atoms with Crippen LogP contribution in [0.1, 0.15) is 5.69 Å². The number of hydrogen-bond acceptors (Lipinski definition) is 2. The number of aromatic nitrogens is 3. The minimum atomic E-state index is -0.851. The van der Waals surface area contributed by atoms with Crippen molar-refractivity contribution in [3.8, 4) is 11.4 Å². The van der Waals surface area contributed by atoms with Crippen LogP contribution in [-0.2, 0) is 18.4 Å². The van der Waals surface area contributed by atoms with Crippen LogP contribution in [0.3, 0.4) is 0 Å². The molecular formula is C19H17N3O2. The van der Waals surface area contributed by atoms with Crippen molar-refractivity contribution in [2.45, 2.75) is 13.5 Å². The van der Waals surface area contributed by atoms with Gasteiger partial charge < -0.3 is 14.2 Å². The Labute approximate surface area is 138 Å². The van der Waals surface area contributed by atoms with Crippen molar-refractivity contribution in [3.05, 3.63) is 54.2 Å². The van der Waals surface area contributed by atoms with Gasteiger partial charge in [-0.25, -0.2) is 4.98 Å². The molecule has 2 aromatic carbocycles. The largest absolute Gasteiger partial charge is 0.480 e. The number of carboxylic acid groups (broad SMARTS) is 1. The highest BCUT2D eigenvalue weighted by molar-refractivity contribution is 5.98. The van der Waals surface area contributed by atoms with Crippen LogP contribution in [-0.4, -0.2) is 25.2 Å². The summed E-state index contributed by atoms with van der Waals surface area (Å²) in [5.74, 6) is 0.00411. The maximum atomic E-state index is 11.3. The Morgan fingerprint density at radius 2 is 1.75 bits per heavy atom. The lowest BCUT2D eigenvalue weighted by molar-refractivity contribution is -0.137. The molecule has 0 amide bonds. The molecule has 0 saturated heterocycles. The summed E-state index contributed by atoms with van der Waals surface area (Å²) < 4.78 is 3.90. The van der Waals surface area contributed by atoms with Crippen molar-refractivity contribution >= 4 is 27.9 Å². The van der Waals surface area contributed by atoms with Crippen molar-refractivity contribution in [2.75, 3.05) is 0 Å². The number of nitrogens with zero attached hydrogens (tertiary/aromatic N) is 3. The van der Waals surface area contributed by atoms with E-state index < -0.39 is 5.97 Å².